The third-order valence-electron chi connectivity index (χ3n) is 2.14. The lowest BCUT2D eigenvalue weighted by molar-refractivity contribution is 0.276. The molecule has 7 heteroatoms. The van der Waals surface area contributed by atoms with E-state index in [4.69, 9.17) is 9.63 Å². The Morgan fingerprint density at radius 2 is 2.29 bits per heavy atom. The highest BCUT2D eigenvalue weighted by Gasteiger charge is 2.09. The van der Waals surface area contributed by atoms with Crippen molar-refractivity contribution in [2.45, 2.75) is 33.4 Å². The first-order valence-electron chi connectivity index (χ1n) is 5.48. The molecule has 2 aromatic heterocycles. The molecule has 0 aliphatic carbocycles. The molecule has 0 bridgehead atoms. The fraction of sp³-hybridized carbons (Fsp3) is 0.600. The lowest BCUT2D eigenvalue weighted by Crippen LogP contribution is -2.02. The van der Waals surface area contributed by atoms with Crippen molar-refractivity contribution in [3.8, 4) is 0 Å². The third-order valence-corrected chi connectivity index (χ3v) is 2.14. The minimum Gasteiger partial charge on any atom is -0.390 e. The Hall–Kier alpha value is -1.76. The fourth-order valence-electron chi connectivity index (χ4n) is 1.42. The lowest BCUT2D eigenvalue weighted by Gasteiger charge is -1.96. The maximum absolute atomic E-state index is 8.85. The molecule has 0 atom stereocenters. The summed E-state index contributed by atoms with van der Waals surface area (Å²) >= 11 is 0. The number of rotatable bonds is 5. The minimum absolute atomic E-state index is 0.120. The Bertz CT molecular complexity index is 477. The van der Waals surface area contributed by atoms with Gasteiger partial charge in [0.15, 0.2) is 5.82 Å². The molecular weight excluding hydrogens is 222 g/mol. The van der Waals surface area contributed by atoms with Gasteiger partial charge in [0.05, 0.1) is 12.8 Å². The van der Waals surface area contributed by atoms with E-state index in [9.17, 15) is 0 Å². The highest BCUT2D eigenvalue weighted by Crippen LogP contribution is 2.06. The number of nitrogens with zero attached hydrogens (tertiary/aromatic N) is 5. The number of hydrogen-bond donors (Lipinski definition) is 1. The number of aliphatic hydroxyl groups is 1. The van der Waals surface area contributed by atoms with Crippen molar-refractivity contribution in [3.05, 3.63) is 23.6 Å². The molecule has 0 unspecified atom stereocenters. The maximum Gasteiger partial charge on any atom is 0.226 e. The quantitative estimate of drug-likeness (QED) is 0.809. The van der Waals surface area contributed by atoms with E-state index in [0.717, 1.165) is 6.42 Å². The summed E-state index contributed by atoms with van der Waals surface area (Å²) in [5, 5.41) is 20.3. The van der Waals surface area contributed by atoms with Gasteiger partial charge in [-0.05, 0) is 5.92 Å². The van der Waals surface area contributed by atoms with Crippen molar-refractivity contribution >= 4 is 0 Å². The number of aliphatic hydroxyl groups excluding tert-OH is 1. The van der Waals surface area contributed by atoms with Gasteiger partial charge in [-0.25, -0.2) is 4.68 Å². The van der Waals surface area contributed by atoms with Gasteiger partial charge >= 0.3 is 0 Å². The van der Waals surface area contributed by atoms with E-state index in [1.165, 1.54) is 0 Å². The molecule has 1 N–H and O–H groups in total. The lowest BCUT2D eigenvalue weighted by atomic mass is 10.1. The van der Waals surface area contributed by atoms with Crippen molar-refractivity contribution < 1.29 is 9.63 Å². The minimum atomic E-state index is -0.120. The van der Waals surface area contributed by atoms with E-state index >= 15 is 0 Å². The van der Waals surface area contributed by atoms with Crippen LogP contribution >= 0.6 is 0 Å². The zero-order chi connectivity index (χ0) is 12.3. The third kappa shape index (κ3) is 3.10. The molecule has 17 heavy (non-hydrogen) atoms. The van der Waals surface area contributed by atoms with Crippen LogP contribution in [0.5, 0.6) is 0 Å². The molecule has 2 heterocycles. The summed E-state index contributed by atoms with van der Waals surface area (Å²) in [7, 11) is 0. The normalized spacial score (nSPS) is 11.3. The van der Waals surface area contributed by atoms with Gasteiger partial charge in [-0.2, -0.15) is 4.98 Å². The standard InChI is InChI=1S/C10H15N5O2/c1-7(2)3-10-11-9(13-17-10)5-15-4-8(6-16)12-14-15/h4,7,16H,3,5-6H2,1-2H3. The second-order valence-electron chi connectivity index (χ2n) is 4.27. The second-order valence-corrected chi connectivity index (χ2v) is 4.27. The highest BCUT2D eigenvalue weighted by atomic mass is 16.5. The van der Waals surface area contributed by atoms with E-state index in [-0.39, 0.29) is 6.61 Å². The summed E-state index contributed by atoms with van der Waals surface area (Å²) in [5.41, 5.74) is 0.524. The Morgan fingerprint density at radius 1 is 1.47 bits per heavy atom. The van der Waals surface area contributed by atoms with Crippen LogP contribution in [0.15, 0.2) is 10.7 Å². The van der Waals surface area contributed by atoms with Crippen molar-refractivity contribution in [1.29, 1.82) is 0 Å². The molecule has 0 saturated carbocycles. The Balaban J connectivity index is 2.01. The summed E-state index contributed by atoms with van der Waals surface area (Å²) in [6, 6.07) is 0. The van der Waals surface area contributed by atoms with Gasteiger partial charge in [0.2, 0.25) is 5.89 Å². The molecule has 0 aliphatic rings. The maximum atomic E-state index is 8.85. The van der Waals surface area contributed by atoms with Crippen LogP contribution in [0.1, 0.15) is 31.3 Å². The number of hydrogen-bond acceptors (Lipinski definition) is 6. The molecule has 92 valence electrons. The Morgan fingerprint density at radius 3 is 2.94 bits per heavy atom. The SMILES string of the molecule is CC(C)Cc1nc(Cn2cc(CO)nn2)no1. The molecule has 0 aliphatic heterocycles. The van der Waals surface area contributed by atoms with Crippen LogP contribution in [-0.4, -0.2) is 30.2 Å². The van der Waals surface area contributed by atoms with Gasteiger partial charge in [0, 0.05) is 6.42 Å². The molecular formula is C10H15N5O2. The van der Waals surface area contributed by atoms with Gasteiger partial charge in [-0.1, -0.05) is 24.2 Å². The molecule has 0 amide bonds. The summed E-state index contributed by atoms with van der Waals surface area (Å²) in [6.07, 6.45) is 2.42. The van der Waals surface area contributed by atoms with Crippen LogP contribution in [0.2, 0.25) is 0 Å². The summed E-state index contributed by atoms with van der Waals surface area (Å²) in [6.45, 7) is 4.46. The van der Waals surface area contributed by atoms with E-state index in [1.807, 2.05) is 0 Å². The van der Waals surface area contributed by atoms with Gasteiger partial charge in [0.1, 0.15) is 12.2 Å². The predicted molar refractivity (Wildman–Crippen MR) is 57.9 cm³/mol. The van der Waals surface area contributed by atoms with E-state index in [0.29, 0.717) is 29.9 Å². The van der Waals surface area contributed by atoms with Crippen molar-refractivity contribution in [2.24, 2.45) is 5.92 Å². The average molecular weight is 237 g/mol. The Labute approximate surface area is 98.5 Å². The van der Waals surface area contributed by atoms with E-state index < -0.39 is 0 Å². The molecule has 2 aromatic rings. The average Bonchev–Trinajstić information content (AvgIpc) is 2.88. The molecule has 0 spiro atoms. The molecule has 0 aromatic carbocycles. The molecule has 2 rings (SSSR count). The van der Waals surface area contributed by atoms with E-state index in [1.54, 1.807) is 10.9 Å². The number of aromatic nitrogens is 5. The topological polar surface area (TPSA) is 89.9 Å². The summed E-state index contributed by atoms with van der Waals surface area (Å²) in [4.78, 5) is 4.25. The second kappa shape index (κ2) is 5.05. The van der Waals surface area contributed by atoms with Crippen molar-refractivity contribution in [2.75, 3.05) is 0 Å². The van der Waals surface area contributed by atoms with Crippen LogP contribution in [0.25, 0.3) is 0 Å². The molecule has 7 nitrogen and oxygen atoms in total. The van der Waals surface area contributed by atoms with Crippen LogP contribution in [0, 0.1) is 5.92 Å². The summed E-state index contributed by atoms with van der Waals surface area (Å²) in [5.74, 6) is 1.68. The van der Waals surface area contributed by atoms with Crippen LogP contribution < -0.4 is 0 Å². The van der Waals surface area contributed by atoms with Crippen LogP contribution in [0.4, 0.5) is 0 Å². The Kier molecular flexibility index (Phi) is 3.48. The smallest absolute Gasteiger partial charge is 0.226 e. The fourth-order valence-corrected chi connectivity index (χ4v) is 1.42. The molecule has 0 fully saturated rings. The highest BCUT2D eigenvalue weighted by molar-refractivity contribution is 4.93. The van der Waals surface area contributed by atoms with Gasteiger partial charge in [0.25, 0.3) is 0 Å². The molecule has 0 saturated heterocycles. The molecule has 0 radical (unpaired) electrons. The largest absolute Gasteiger partial charge is 0.390 e. The zero-order valence-corrected chi connectivity index (χ0v) is 9.87. The van der Waals surface area contributed by atoms with Gasteiger partial charge in [-0.15, -0.1) is 5.10 Å². The summed E-state index contributed by atoms with van der Waals surface area (Å²) < 4.78 is 6.67. The first-order valence-corrected chi connectivity index (χ1v) is 5.48. The van der Waals surface area contributed by atoms with Crippen molar-refractivity contribution in [1.82, 2.24) is 25.1 Å². The van der Waals surface area contributed by atoms with Crippen LogP contribution in [0.3, 0.4) is 0 Å². The predicted octanol–water partition coefficient (Wildman–Crippen LogP) is 0.400. The van der Waals surface area contributed by atoms with Gasteiger partial charge in [-0.3, -0.25) is 0 Å². The van der Waals surface area contributed by atoms with Crippen LogP contribution in [-0.2, 0) is 19.6 Å². The van der Waals surface area contributed by atoms with Gasteiger partial charge < -0.3 is 9.63 Å². The zero-order valence-electron chi connectivity index (χ0n) is 9.87. The van der Waals surface area contributed by atoms with E-state index in [2.05, 4.69) is 34.3 Å². The first kappa shape index (κ1) is 11.7. The monoisotopic (exact) mass is 237 g/mol. The first-order chi connectivity index (χ1) is 8.17. The van der Waals surface area contributed by atoms with Crippen molar-refractivity contribution in [3.63, 3.8) is 0 Å².